The molecular weight excluding hydrogens is 1420 g/mol. The van der Waals surface area contributed by atoms with Crippen LogP contribution in [0.3, 0.4) is 0 Å². The number of hydrazine groups is 6. The molecule has 10 saturated heterocycles. The summed E-state index contributed by atoms with van der Waals surface area (Å²) in [6, 6.07) is -9.00. The summed E-state index contributed by atoms with van der Waals surface area (Å²) in [6.45, 7) is 11.7. The van der Waals surface area contributed by atoms with Crippen LogP contribution in [0.15, 0.2) is 24.3 Å². The third kappa shape index (κ3) is 12.4. The molecule has 12 N–H and O–H groups in total. The van der Waals surface area contributed by atoms with E-state index in [4.69, 9.17) is 23.2 Å². The van der Waals surface area contributed by atoms with Gasteiger partial charge in [0.15, 0.2) is 0 Å². The largest absolute Gasteiger partial charge is 0.381 e. The second-order valence-electron chi connectivity index (χ2n) is 31.0. The summed E-state index contributed by atoms with van der Waals surface area (Å²) in [7, 11) is 2.91. The van der Waals surface area contributed by atoms with Crippen LogP contribution in [0.4, 0.5) is 11.4 Å². The number of carbonyl (C=O) groups excluding carboxylic acids is 12. The van der Waals surface area contributed by atoms with Crippen molar-refractivity contribution in [1.82, 2.24) is 92.8 Å². The number of rotatable bonds is 3. The SMILES string of the molecule is CC(C)[C@H]1NC(=O)[C@@H]2C[C@@]3(O)c4cc(-c5cc6c(cc5Cl)N[C@H]5N7C(=O)[C@@H]8CCCNN8C(=O)[C@H](C)N(C)C(=O)[C@H]8CCCNN8C(=O)[C@@H]8CCCNN8C(=O)[C@@H](C(C)C)NC(=O)[C@@H]7C[C@@]65O)c(Cl)cc4N[C@H]3N2C(=O)[C@@H]2CCCNN2C(=O)[C@H](C)N(C)C(=O)[C@H]2CCCNN2C(=O)[C@@H]2CCCNN2C1=O. The lowest BCUT2D eigenvalue weighted by Gasteiger charge is -2.45. The van der Waals surface area contributed by atoms with Gasteiger partial charge in [0.1, 0.15) is 96.0 Å². The first-order chi connectivity index (χ1) is 50.5. The number of carbonyl (C=O) groups is 12. The zero-order valence-electron chi connectivity index (χ0n) is 60.7. The Morgan fingerprint density at radius 3 is 0.953 bits per heavy atom. The number of aliphatic hydroxyl groups is 2. The second kappa shape index (κ2) is 28.8. The van der Waals surface area contributed by atoms with Gasteiger partial charge in [-0.2, -0.15) is 0 Å². The van der Waals surface area contributed by atoms with E-state index >= 15 is 28.8 Å². The Labute approximate surface area is 623 Å². The van der Waals surface area contributed by atoms with E-state index in [9.17, 15) is 39.0 Å². The van der Waals surface area contributed by atoms with Crippen molar-refractivity contribution in [2.75, 3.05) is 64.0 Å². The summed E-state index contributed by atoms with van der Waals surface area (Å²) in [5.41, 5.74) is 15.3. The lowest BCUT2D eigenvalue weighted by molar-refractivity contribution is -0.165. The molecule has 36 heteroatoms. The van der Waals surface area contributed by atoms with Crippen molar-refractivity contribution in [3.8, 4) is 11.1 Å². The molecule has 34 nitrogen and oxygen atoms in total. The maximum Gasteiger partial charge on any atom is 0.261 e. The molecule has 0 spiro atoms. The minimum absolute atomic E-state index is 0.0525. The number of halogens is 2. The van der Waals surface area contributed by atoms with Gasteiger partial charge < -0.3 is 51.1 Å². The summed E-state index contributed by atoms with van der Waals surface area (Å²) in [6.07, 6.45) is 0.0413. The molecule has 0 unspecified atom stereocenters. The van der Waals surface area contributed by atoms with E-state index in [1.165, 1.54) is 89.7 Å². The number of likely N-dealkylation sites (N-methyl/N-ethyl adjacent to an activating group) is 2. The lowest BCUT2D eigenvalue weighted by atomic mass is 9.86. The zero-order valence-corrected chi connectivity index (χ0v) is 62.2. The van der Waals surface area contributed by atoms with Gasteiger partial charge in [-0.05, 0) is 127 Å². The average molecular weight is 1510 g/mol. The second-order valence-corrected chi connectivity index (χ2v) is 31.8. The highest BCUT2D eigenvalue weighted by Crippen LogP contribution is 2.56. The highest BCUT2D eigenvalue weighted by molar-refractivity contribution is 6.37. The van der Waals surface area contributed by atoms with Crippen LogP contribution in [0.5, 0.6) is 0 Å². The van der Waals surface area contributed by atoms with Gasteiger partial charge in [0.25, 0.3) is 35.4 Å². The van der Waals surface area contributed by atoms with Gasteiger partial charge in [-0.25, -0.2) is 32.6 Å². The number of hydrogen-bond acceptors (Lipinski definition) is 22. The first-order valence-electron chi connectivity index (χ1n) is 37.3. The quantitative estimate of drug-likeness (QED) is 0.170. The third-order valence-electron chi connectivity index (χ3n) is 23.9. The predicted molar refractivity (Wildman–Crippen MR) is 380 cm³/mol. The van der Waals surface area contributed by atoms with Gasteiger partial charge in [0.05, 0.1) is 10.0 Å². The molecular formula is C70H96Cl2N20O14. The number of benzene rings is 2. The number of anilines is 2. The fraction of sp³-hybridized carbons (Fsp3) is 0.657. The lowest BCUT2D eigenvalue weighted by Crippen LogP contribution is -2.69. The number of nitrogens with one attached hydrogen (secondary N) is 10. The smallest absolute Gasteiger partial charge is 0.261 e. The Balaban J connectivity index is 0.821. The van der Waals surface area contributed by atoms with Crippen LogP contribution < -0.4 is 53.8 Å². The number of hydrogen-bond donors (Lipinski definition) is 12. The van der Waals surface area contributed by atoms with Crippen molar-refractivity contribution in [2.45, 2.75) is 227 Å². The Bertz CT molecular complexity index is 3740. The molecule has 0 aromatic heterocycles. The van der Waals surface area contributed by atoms with E-state index in [-0.39, 0.29) is 95.3 Å². The molecule has 12 aliphatic rings. The van der Waals surface area contributed by atoms with Crippen molar-refractivity contribution >= 4 is 105 Å². The molecule has 12 amide bonds. The average Bonchev–Trinajstić information content (AvgIpc) is 1.55. The summed E-state index contributed by atoms with van der Waals surface area (Å²) < 4.78 is 0. The van der Waals surface area contributed by atoms with Crippen LogP contribution >= 0.6 is 23.2 Å². The van der Waals surface area contributed by atoms with Crippen LogP contribution in [-0.4, -0.2) is 269 Å². The molecule has 12 aliphatic heterocycles. The molecule has 2 aromatic carbocycles. The Hall–Kier alpha value is -8.06. The highest BCUT2D eigenvalue weighted by atomic mass is 35.5. The van der Waals surface area contributed by atoms with Crippen LogP contribution in [0, 0.1) is 11.8 Å². The molecule has 0 radical (unpaired) electrons. The third-order valence-corrected chi connectivity index (χ3v) is 24.6. The molecule has 574 valence electrons. The van der Waals surface area contributed by atoms with E-state index in [1.54, 1.807) is 39.8 Å². The number of fused-ring (bicyclic) bond motifs is 16. The fourth-order valence-corrected chi connectivity index (χ4v) is 18.3. The maximum absolute atomic E-state index is 15.9. The van der Waals surface area contributed by atoms with Crippen LogP contribution in [0.2, 0.25) is 10.0 Å². The van der Waals surface area contributed by atoms with E-state index in [2.05, 4.69) is 53.8 Å². The summed E-state index contributed by atoms with van der Waals surface area (Å²) in [5.74, 6) is -9.23. The number of nitrogens with zero attached hydrogens (tertiary/aromatic N) is 10. The highest BCUT2D eigenvalue weighted by Gasteiger charge is 2.65. The fourth-order valence-electron chi connectivity index (χ4n) is 17.8. The van der Waals surface area contributed by atoms with Crippen LogP contribution in [0.1, 0.15) is 143 Å². The summed E-state index contributed by atoms with van der Waals surface area (Å²) in [5, 5.41) is 47.0. The summed E-state index contributed by atoms with van der Waals surface area (Å²) >= 11 is 14.7. The van der Waals surface area contributed by atoms with Crippen molar-refractivity contribution in [2.24, 2.45) is 11.8 Å². The van der Waals surface area contributed by atoms with E-state index in [0.717, 1.165) is 0 Å². The minimum atomic E-state index is -2.16. The first-order valence-corrected chi connectivity index (χ1v) is 38.1. The predicted octanol–water partition coefficient (Wildman–Crippen LogP) is -1.28. The van der Waals surface area contributed by atoms with E-state index < -0.39 is 192 Å². The minimum Gasteiger partial charge on any atom is -0.381 e. The van der Waals surface area contributed by atoms with Gasteiger partial charge in [-0.1, -0.05) is 50.9 Å². The van der Waals surface area contributed by atoms with Crippen molar-refractivity contribution in [3.05, 3.63) is 45.4 Å². The van der Waals surface area contributed by atoms with Gasteiger partial charge in [-0.3, -0.25) is 87.6 Å². The van der Waals surface area contributed by atoms with Crippen molar-refractivity contribution in [1.29, 1.82) is 0 Å². The van der Waals surface area contributed by atoms with Crippen molar-refractivity contribution < 1.29 is 67.7 Å². The molecule has 10 fully saturated rings. The molecule has 106 heavy (non-hydrogen) atoms. The monoisotopic (exact) mass is 1510 g/mol. The maximum atomic E-state index is 15.9. The van der Waals surface area contributed by atoms with E-state index in [1.807, 2.05) is 0 Å². The van der Waals surface area contributed by atoms with Gasteiger partial charge in [0.2, 0.25) is 35.4 Å². The molecule has 0 bridgehead atoms. The van der Waals surface area contributed by atoms with E-state index in [0.29, 0.717) is 64.7 Å². The standard InChI is InChI=1S/C70H96Cl2N20O14/c1-33(2)53-65(103)91-49(19-13-25-77-91)63(101)89-45(15-9-23-75-89)59(97)83(7)35(5)57(95)87-47(17-11-21-73-87)61(99)85-51(55(93)81-53)31-69(105)39-27-37(41(71)29-43(39)79-67(69)85)38-28-40-44(30-42(38)72)80-68-70(40,106)32-52-56(94)82-54(34(3)4)66(104)92-50(20-14-26-78-92)64(102)90-46(16-10-24-76-90)60(98)84(8)36(6)58(96)88-48(18-12-22-74-88)62(100)86(52)68/h27-30,33-36,45-54,67-68,73-80,105-106H,9-26,31-32H2,1-8H3,(H,81,93)(H,82,94)/t35-,36-,45+,46+,47-,48-,49-,50-,51-,52-,53+,54+,67-,68-,69+,70+/m0/s1. The van der Waals surface area contributed by atoms with Gasteiger partial charge >= 0.3 is 0 Å². The first kappa shape index (κ1) is 74.8. The molecule has 12 heterocycles. The Kier molecular flexibility index (Phi) is 20.3. The molecule has 14 rings (SSSR count). The Morgan fingerprint density at radius 2 is 0.651 bits per heavy atom. The van der Waals surface area contributed by atoms with Crippen LogP contribution in [0.25, 0.3) is 11.1 Å². The summed E-state index contributed by atoms with van der Waals surface area (Å²) in [4.78, 5) is 187. The normalized spacial score (nSPS) is 34.6. The van der Waals surface area contributed by atoms with Gasteiger partial charge in [0, 0.05) is 99.8 Å². The van der Waals surface area contributed by atoms with Crippen molar-refractivity contribution in [3.63, 3.8) is 0 Å². The number of amides is 12. The molecule has 0 aliphatic carbocycles. The van der Waals surface area contributed by atoms with Gasteiger partial charge in [-0.15, -0.1) is 0 Å². The van der Waals surface area contributed by atoms with Crippen LogP contribution in [-0.2, 0) is 68.7 Å². The topological polar surface area (TPSA) is 398 Å². The zero-order chi connectivity index (χ0) is 75.6. The Morgan fingerprint density at radius 1 is 0.377 bits per heavy atom. The molecule has 16 atom stereocenters. The molecule has 0 saturated carbocycles. The molecule has 2 aromatic rings.